The number of aromatic nitrogens is 1. The number of methoxy groups -OCH3 is 1. The number of pyridine rings is 1. The van der Waals surface area contributed by atoms with Gasteiger partial charge in [-0.1, -0.05) is 23.7 Å². The predicted octanol–water partition coefficient (Wildman–Crippen LogP) is 2.14. The van der Waals surface area contributed by atoms with Crippen LogP contribution in [0.4, 0.5) is 4.79 Å². The molecule has 0 spiro atoms. The van der Waals surface area contributed by atoms with Crippen molar-refractivity contribution in [3.63, 3.8) is 0 Å². The van der Waals surface area contributed by atoms with Crippen LogP contribution in [0.25, 0.3) is 0 Å². The number of ether oxygens (including phenoxy) is 2. The zero-order valence-corrected chi connectivity index (χ0v) is 14.1. The molecule has 8 heteroatoms. The zero-order valence-electron chi connectivity index (χ0n) is 13.4. The Balaban J connectivity index is 2.01. The van der Waals surface area contributed by atoms with Crippen LogP contribution < -0.4 is 10.5 Å². The molecule has 2 aromatic rings. The van der Waals surface area contributed by atoms with Crippen molar-refractivity contribution in [3.05, 3.63) is 58.7 Å². The normalized spacial score (nSPS) is 17.9. The summed E-state index contributed by atoms with van der Waals surface area (Å²) in [5.74, 6) is -0.226. The Bertz CT molecular complexity index is 779. The van der Waals surface area contributed by atoms with Crippen LogP contribution in [0.1, 0.15) is 17.2 Å². The van der Waals surface area contributed by atoms with Crippen LogP contribution in [-0.2, 0) is 9.53 Å². The lowest BCUT2D eigenvalue weighted by atomic mass is 9.98. The van der Waals surface area contributed by atoms with E-state index in [0.29, 0.717) is 10.9 Å². The molecular weight excluding hydrogens is 346 g/mol. The molecule has 7 nitrogen and oxygen atoms in total. The summed E-state index contributed by atoms with van der Waals surface area (Å²) in [6.07, 6.45) is 0.0243. The Morgan fingerprint density at radius 3 is 2.52 bits per heavy atom. The number of cyclic esters (lactones) is 1. The van der Waals surface area contributed by atoms with Crippen LogP contribution in [0.5, 0.6) is 5.88 Å². The van der Waals surface area contributed by atoms with Crippen LogP contribution in [0.15, 0.2) is 42.6 Å². The average Bonchev–Trinajstić information content (AvgIpc) is 2.99. The number of carbonyl (C=O) groups is 2. The van der Waals surface area contributed by atoms with Crippen LogP contribution >= 0.6 is 11.6 Å². The first-order valence-electron chi connectivity index (χ1n) is 7.51. The number of hydrogen-bond acceptors (Lipinski definition) is 5. The van der Waals surface area contributed by atoms with E-state index in [4.69, 9.17) is 26.8 Å². The Morgan fingerprint density at radius 2 is 2.00 bits per heavy atom. The second-order valence-electron chi connectivity index (χ2n) is 5.52. The van der Waals surface area contributed by atoms with Gasteiger partial charge < -0.3 is 15.2 Å². The highest BCUT2D eigenvalue weighted by Crippen LogP contribution is 2.33. The van der Waals surface area contributed by atoms with Crippen LogP contribution in [0, 0.1) is 0 Å². The molecule has 0 aliphatic carbocycles. The quantitative estimate of drug-likeness (QED) is 0.880. The molecule has 1 aromatic heterocycles. The number of nitrogens with two attached hydrogens (primary N) is 1. The molecule has 2 N–H and O–H groups in total. The molecule has 1 unspecified atom stereocenters. The largest absolute Gasteiger partial charge is 0.481 e. The molecule has 130 valence electrons. The lowest BCUT2D eigenvalue weighted by Crippen LogP contribution is -2.34. The van der Waals surface area contributed by atoms with Crippen molar-refractivity contribution in [2.75, 3.05) is 13.7 Å². The summed E-state index contributed by atoms with van der Waals surface area (Å²) < 4.78 is 10.1. The fourth-order valence-corrected chi connectivity index (χ4v) is 2.84. The van der Waals surface area contributed by atoms with Gasteiger partial charge in [0, 0.05) is 17.3 Å². The minimum Gasteiger partial charge on any atom is -0.481 e. The van der Waals surface area contributed by atoms with Gasteiger partial charge in [0.25, 0.3) is 5.91 Å². The van der Waals surface area contributed by atoms with E-state index in [1.807, 2.05) is 12.1 Å². The van der Waals surface area contributed by atoms with Crippen LogP contribution in [-0.4, -0.2) is 41.6 Å². The fourth-order valence-electron chi connectivity index (χ4n) is 2.71. The predicted molar refractivity (Wildman–Crippen MR) is 90.3 cm³/mol. The van der Waals surface area contributed by atoms with Gasteiger partial charge in [-0.25, -0.2) is 9.78 Å². The van der Waals surface area contributed by atoms with Gasteiger partial charge in [-0.05, 0) is 29.3 Å². The third-order valence-corrected chi connectivity index (χ3v) is 4.19. The Kier molecular flexibility index (Phi) is 4.76. The van der Waals surface area contributed by atoms with E-state index < -0.39 is 24.1 Å². The highest BCUT2D eigenvalue weighted by molar-refractivity contribution is 6.30. The molecule has 1 saturated heterocycles. The van der Waals surface area contributed by atoms with Gasteiger partial charge in [-0.3, -0.25) is 9.69 Å². The first kappa shape index (κ1) is 17.0. The number of halogens is 1. The third-order valence-electron chi connectivity index (χ3n) is 3.94. The molecule has 1 fully saturated rings. The van der Waals surface area contributed by atoms with Crippen LogP contribution in [0.3, 0.4) is 0 Å². The summed E-state index contributed by atoms with van der Waals surface area (Å²) >= 11 is 5.96. The van der Waals surface area contributed by atoms with Crippen molar-refractivity contribution in [1.82, 2.24) is 9.88 Å². The molecular formula is C17H16ClN3O4. The summed E-state index contributed by atoms with van der Waals surface area (Å²) in [5.41, 5.74) is 6.81. The lowest BCUT2D eigenvalue weighted by molar-refractivity contribution is -0.124. The molecule has 2 heterocycles. The summed E-state index contributed by atoms with van der Waals surface area (Å²) in [6, 6.07) is 10.1. The van der Waals surface area contributed by atoms with Crippen LogP contribution in [0.2, 0.25) is 5.02 Å². The number of benzene rings is 1. The number of rotatable bonds is 5. The maximum atomic E-state index is 12.3. The van der Waals surface area contributed by atoms with E-state index in [1.165, 1.54) is 12.0 Å². The van der Waals surface area contributed by atoms with E-state index in [2.05, 4.69) is 4.98 Å². The van der Waals surface area contributed by atoms with Gasteiger partial charge in [-0.2, -0.15) is 0 Å². The number of primary amides is 1. The maximum absolute atomic E-state index is 12.3. The topological polar surface area (TPSA) is 94.8 Å². The highest BCUT2D eigenvalue weighted by atomic mass is 35.5. The Hall–Kier alpha value is -2.80. The van der Waals surface area contributed by atoms with Crippen molar-refractivity contribution in [2.24, 2.45) is 5.73 Å². The number of nitrogens with zero attached hydrogens (tertiary/aromatic N) is 2. The lowest BCUT2D eigenvalue weighted by Gasteiger charge is -2.26. The smallest absolute Gasteiger partial charge is 0.411 e. The van der Waals surface area contributed by atoms with E-state index in [-0.39, 0.29) is 6.54 Å². The fraction of sp³-hybridized carbons (Fsp3) is 0.235. The van der Waals surface area contributed by atoms with Gasteiger partial charge in [0.2, 0.25) is 5.88 Å². The number of carbonyl (C=O) groups excluding carboxylic acids is 2. The van der Waals surface area contributed by atoms with Gasteiger partial charge in [0.05, 0.1) is 19.7 Å². The average molecular weight is 362 g/mol. The molecule has 1 aliphatic rings. The maximum Gasteiger partial charge on any atom is 0.411 e. The SMILES string of the molecule is COc1ccc([C@@H](c2ccc(Cl)cc2)N2CC(C(N)=O)OC2=O)cn1. The van der Waals surface area contributed by atoms with E-state index in [1.54, 1.807) is 30.5 Å². The molecule has 3 rings (SSSR count). The zero-order chi connectivity index (χ0) is 18.0. The van der Waals surface area contributed by atoms with Crippen molar-refractivity contribution >= 4 is 23.6 Å². The second kappa shape index (κ2) is 6.98. The minimum atomic E-state index is -0.978. The summed E-state index contributed by atoms with van der Waals surface area (Å²) in [6.45, 7) is 0.0630. The van der Waals surface area contributed by atoms with E-state index in [9.17, 15) is 9.59 Å². The molecule has 0 bridgehead atoms. The van der Waals surface area contributed by atoms with Gasteiger partial charge >= 0.3 is 6.09 Å². The second-order valence-corrected chi connectivity index (χ2v) is 5.95. The molecule has 25 heavy (non-hydrogen) atoms. The standard InChI is InChI=1S/C17H16ClN3O4/c1-24-14-7-4-11(8-20-14)15(10-2-5-12(18)6-3-10)21-9-13(16(19)22)25-17(21)23/h2-8,13,15H,9H2,1H3,(H2,19,22)/t13?,15-/m1/s1. The summed E-state index contributed by atoms with van der Waals surface area (Å²) in [7, 11) is 1.52. The Morgan fingerprint density at radius 1 is 1.32 bits per heavy atom. The van der Waals surface area contributed by atoms with Crippen molar-refractivity contribution in [3.8, 4) is 5.88 Å². The third kappa shape index (κ3) is 3.51. The Labute approximate surface area is 149 Å². The molecule has 1 aromatic carbocycles. The van der Waals surface area contributed by atoms with Crippen molar-refractivity contribution in [2.45, 2.75) is 12.1 Å². The van der Waals surface area contributed by atoms with E-state index in [0.717, 1.165) is 11.1 Å². The van der Waals surface area contributed by atoms with Crippen molar-refractivity contribution in [1.29, 1.82) is 0 Å². The van der Waals surface area contributed by atoms with Gasteiger partial charge in [0.15, 0.2) is 6.10 Å². The van der Waals surface area contributed by atoms with E-state index >= 15 is 0 Å². The highest BCUT2D eigenvalue weighted by Gasteiger charge is 2.40. The molecule has 0 radical (unpaired) electrons. The monoisotopic (exact) mass is 361 g/mol. The molecule has 2 amide bonds. The van der Waals surface area contributed by atoms with Crippen molar-refractivity contribution < 1.29 is 19.1 Å². The molecule has 0 saturated carbocycles. The molecule has 2 atom stereocenters. The number of hydrogen-bond donors (Lipinski definition) is 1. The van der Waals surface area contributed by atoms with Gasteiger partial charge in [0.1, 0.15) is 0 Å². The minimum absolute atomic E-state index is 0.0630. The van der Waals surface area contributed by atoms with Gasteiger partial charge in [-0.15, -0.1) is 0 Å². The first-order valence-corrected chi connectivity index (χ1v) is 7.89. The summed E-state index contributed by atoms with van der Waals surface area (Å²) in [4.78, 5) is 29.3. The first-order chi connectivity index (χ1) is 12.0. The number of amides is 2. The summed E-state index contributed by atoms with van der Waals surface area (Å²) in [5, 5.41) is 0.578. The molecule has 1 aliphatic heterocycles.